The number of benzene rings is 1. The monoisotopic (exact) mass is 508 g/mol. The fraction of sp³-hybridized carbons (Fsp3) is 0.667. The number of para-hydroxylation sites is 1. The molecule has 37 heavy (non-hydrogen) atoms. The highest BCUT2D eigenvalue weighted by molar-refractivity contribution is 5.79. The van der Waals surface area contributed by atoms with E-state index in [0.717, 1.165) is 69.8 Å². The second kappa shape index (κ2) is 12.9. The lowest BCUT2D eigenvalue weighted by atomic mass is 9.82. The smallest absolute Gasteiger partial charge is 0.236 e. The highest BCUT2D eigenvalue weighted by Crippen LogP contribution is 2.31. The van der Waals surface area contributed by atoms with Crippen molar-refractivity contribution >= 4 is 11.8 Å². The Labute approximate surface area is 222 Å². The Morgan fingerprint density at radius 1 is 1.00 bits per heavy atom. The maximum atomic E-state index is 13.5. The van der Waals surface area contributed by atoms with E-state index in [9.17, 15) is 9.59 Å². The van der Waals surface area contributed by atoms with E-state index >= 15 is 0 Å². The van der Waals surface area contributed by atoms with E-state index in [1.165, 1.54) is 25.7 Å². The Balaban J connectivity index is 1.25. The van der Waals surface area contributed by atoms with Crippen LogP contribution in [0.3, 0.4) is 0 Å². The number of rotatable bonds is 6. The van der Waals surface area contributed by atoms with E-state index in [1.807, 2.05) is 17.0 Å². The van der Waals surface area contributed by atoms with Crippen LogP contribution in [-0.2, 0) is 16.1 Å². The Kier molecular flexibility index (Phi) is 9.16. The van der Waals surface area contributed by atoms with E-state index in [2.05, 4.69) is 39.4 Å². The van der Waals surface area contributed by atoms with Crippen LogP contribution < -0.4 is 10.1 Å². The molecule has 0 spiro atoms. The normalized spacial score (nSPS) is 26.2. The lowest BCUT2D eigenvalue weighted by molar-refractivity contribution is -0.135. The molecule has 2 atom stereocenters. The van der Waals surface area contributed by atoms with Crippen molar-refractivity contribution in [2.75, 3.05) is 52.4 Å². The number of fused-ring (bicyclic) bond motifs is 3. The van der Waals surface area contributed by atoms with Gasteiger partial charge in [0.1, 0.15) is 12.4 Å². The Morgan fingerprint density at radius 2 is 1.81 bits per heavy atom. The minimum Gasteiger partial charge on any atom is -0.489 e. The van der Waals surface area contributed by atoms with Crippen molar-refractivity contribution in [1.29, 1.82) is 0 Å². The van der Waals surface area contributed by atoms with Crippen molar-refractivity contribution in [1.82, 2.24) is 20.0 Å². The zero-order valence-electron chi connectivity index (χ0n) is 22.3. The number of ether oxygens (including phenoxy) is 1. The minimum atomic E-state index is 0.137. The molecule has 2 amide bonds. The van der Waals surface area contributed by atoms with Crippen molar-refractivity contribution < 1.29 is 14.3 Å². The zero-order valence-corrected chi connectivity index (χ0v) is 22.3. The number of carbonyl (C=O) groups excluding carboxylic acids is 2. The van der Waals surface area contributed by atoms with Gasteiger partial charge in [0, 0.05) is 50.7 Å². The van der Waals surface area contributed by atoms with Crippen LogP contribution in [0.15, 0.2) is 36.4 Å². The van der Waals surface area contributed by atoms with E-state index in [4.69, 9.17) is 4.74 Å². The summed E-state index contributed by atoms with van der Waals surface area (Å²) in [5.74, 6) is 1.67. The van der Waals surface area contributed by atoms with Gasteiger partial charge in [0.15, 0.2) is 0 Å². The number of piperidine rings is 1. The third-order valence-corrected chi connectivity index (χ3v) is 8.80. The molecule has 1 aromatic carbocycles. The molecule has 7 heteroatoms. The molecule has 0 aromatic heterocycles. The van der Waals surface area contributed by atoms with E-state index < -0.39 is 0 Å². The molecule has 4 aliphatic rings. The summed E-state index contributed by atoms with van der Waals surface area (Å²) in [7, 11) is 0. The number of hydrogen-bond donors (Lipinski definition) is 1. The Hall–Kier alpha value is -2.38. The van der Waals surface area contributed by atoms with Crippen LogP contribution in [0.4, 0.5) is 0 Å². The predicted molar refractivity (Wildman–Crippen MR) is 145 cm³/mol. The van der Waals surface area contributed by atoms with E-state index in [0.29, 0.717) is 32.2 Å². The predicted octanol–water partition coefficient (Wildman–Crippen LogP) is 3.45. The average molecular weight is 509 g/mol. The van der Waals surface area contributed by atoms with Crippen LogP contribution >= 0.6 is 0 Å². The highest BCUT2D eigenvalue weighted by atomic mass is 16.5. The number of likely N-dealkylation sites (tertiary alicyclic amines) is 1. The third kappa shape index (κ3) is 7.14. The number of carbonyl (C=O) groups is 2. The van der Waals surface area contributed by atoms with E-state index in [1.54, 1.807) is 0 Å². The van der Waals surface area contributed by atoms with Crippen LogP contribution in [0.5, 0.6) is 5.75 Å². The van der Waals surface area contributed by atoms with Crippen molar-refractivity contribution in [3.05, 3.63) is 42.0 Å². The molecule has 3 heterocycles. The first-order chi connectivity index (χ1) is 18.2. The van der Waals surface area contributed by atoms with Crippen LogP contribution in [0.2, 0.25) is 0 Å². The van der Waals surface area contributed by atoms with Crippen molar-refractivity contribution in [3.63, 3.8) is 0 Å². The summed E-state index contributed by atoms with van der Waals surface area (Å²) in [5, 5.41) is 3.15. The zero-order chi connectivity index (χ0) is 25.5. The van der Waals surface area contributed by atoms with Gasteiger partial charge in [-0.3, -0.25) is 14.5 Å². The molecule has 0 radical (unpaired) electrons. The Morgan fingerprint density at radius 3 is 2.65 bits per heavy atom. The van der Waals surface area contributed by atoms with Crippen LogP contribution in [0.25, 0.3) is 0 Å². The average Bonchev–Trinajstić information content (AvgIpc) is 3.62. The summed E-state index contributed by atoms with van der Waals surface area (Å²) in [6.45, 7) is 7.09. The van der Waals surface area contributed by atoms with Gasteiger partial charge >= 0.3 is 0 Å². The lowest BCUT2D eigenvalue weighted by Gasteiger charge is -2.39. The van der Waals surface area contributed by atoms with Gasteiger partial charge in [-0.05, 0) is 63.1 Å². The van der Waals surface area contributed by atoms with Crippen molar-refractivity contribution in [3.8, 4) is 5.75 Å². The van der Waals surface area contributed by atoms with Gasteiger partial charge < -0.3 is 19.9 Å². The molecule has 2 bridgehead atoms. The van der Waals surface area contributed by atoms with E-state index in [-0.39, 0.29) is 23.7 Å². The summed E-state index contributed by atoms with van der Waals surface area (Å²) in [5.41, 5.74) is 1.15. The lowest BCUT2D eigenvalue weighted by Crippen LogP contribution is -2.49. The van der Waals surface area contributed by atoms with Gasteiger partial charge in [0.2, 0.25) is 11.8 Å². The quantitative estimate of drug-likeness (QED) is 0.597. The summed E-state index contributed by atoms with van der Waals surface area (Å²) in [6.07, 6.45) is 13.0. The Bertz CT molecular complexity index is 939. The topological polar surface area (TPSA) is 65.1 Å². The highest BCUT2D eigenvalue weighted by Gasteiger charge is 2.33. The van der Waals surface area contributed by atoms with Gasteiger partial charge in [-0.15, -0.1) is 0 Å². The number of nitrogens with one attached hydrogen (secondary N) is 1. The minimum absolute atomic E-state index is 0.137. The first-order valence-electron chi connectivity index (χ1n) is 14.5. The van der Waals surface area contributed by atoms with Crippen LogP contribution in [0.1, 0.15) is 56.9 Å². The molecule has 1 saturated carbocycles. The summed E-state index contributed by atoms with van der Waals surface area (Å²) >= 11 is 0. The molecule has 1 aliphatic carbocycles. The van der Waals surface area contributed by atoms with Gasteiger partial charge in [-0.25, -0.2) is 0 Å². The molecule has 3 aliphatic heterocycles. The van der Waals surface area contributed by atoms with Crippen LogP contribution in [0, 0.1) is 11.8 Å². The second-order valence-electron chi connectivity index (χ2n) is 11.3. The molecular formula is C30H44N4O3. The van der Waals surface area contributed by atoms with Crippen molar-refractivity contribution in [2.45, 2.75) is 64.0 Å². The standard InChI is InChI=1S/C30H44N4O3/c35-29(31-14-18-32-15-5-6-16-32)20-24-13-17-33-21-25(24)9-7-19-37-28-12-4-1-8-26(28)22-34(23-30(33)36)27-10-2-3-11-27/h1,4,7-9,12,24-25,27H,2-3,5-6,10-11,13-23H2,(H,31,35)/t24-,25-/m0/s1. The van der Waals surface area contributed by atoms with Gasteiger partial charge in [-0.2, -0.15) is 0 Å². The van der Waals surface area contributed by atoms with Gasteiger partial charge in [0.05, 0.1) is 6.54 Å². The number of hydrogen-bond acceptors (Lipinski definition) is 5. The summed E-state index contributed by atoms with van der Waals surface area (Å²) < 4.78 is 6.20. The second-order valence-corrected chi connectivity index (χ2v) is 11.3. The summed E-state index contributed by atoms with van der Waals surface area (Å²) in [4.78, 5) is 33.2. The largest absolute Gasteiger partial charge is 0.489 e. The molecule has 0 unspecified atom stereocenters. The molecule has 202 valence electrons. The first-order valence-corrected chi connectivity index (χ1v) is 14.5. The van der Waals surface area contributed by atoms with Crippen molar-refractivity contribution in [2.24, 2.45) is 11.8 Å². The number of amides is 2. The summed E-state index contributed by atoms with van der Waals surface area (Å²) in [6, 6.07) is 8.69. The fourth-order valence-corrected chi connectivity index (χ4v) is 6.62. The molecule has 2 saturated heterocycles. The van der Waals surface area contributed by atoms with Crippen LogP contribution in [-0.4, -0.2) is 85.0 Å². The molecule has 7 nitrogen and oxygen atoms in total. The fourth-order valence-electron chi connectivity index (χ4n) is 6.62. The molecular weight excluding hydrogens is 464 g/mol. The molecule has 3 fully saturated rings. The first kappa shape index (κ1) is 26.2. The molecule has 5 rings (SSSR count). The number of nitrogens with zero attached hydrogens (tertiary/aromatic N) is 3. The molecule has 1 aromatic rings. The van der Waals surface area contributed by atoms with Gasteiger partial charge in [0.25, 0.3) is 0 Å². The van der Waals surface area contributed by atoms with Gasteiger partial charge in [-0.1, -0.05) is 43.2 Å². The third-order valence-electron chi connectivity index (χ3n) is 8.80. The maximum Gasteiger partial charge on any atom is 0.236 e. The SMILES string of the molecule is O=C(C[C@@H]1CCN2C[C@@H]1C=CCOc1ccccc1CN(C1CCCC1)CC2=O)NCCN1CCCC1. The molecule has 1 N–H and O–H groups in total. The maximum absolute atomic E-state index is 13.5.